The van der Waals surface area contributed by atoms with Gasteiger partial charge in [-0.1, -0.05) is 23.7 Å². The minimum atomic E-state index is -0.738. The van der Waals surface area contributed by atoms with Crippen molar-refractivity contribution in [2.24, 2.45) is 10.7 Å². The van der Waals surface area contributed by atoms with E-state index in [0.29, 0.717) is 16.5 Å². The van der Waals surface area contributed by atoms with Gasteiger partial charge in [0.05, 0.1) is 12.2 Å². The summed E-state index contributed by atoms with van der Waals surface area (Å²) in [4.78, 5) is 47.8. The average molecular weight is 511 g/mol. The number of rotatable bonds is 8. The van der Waals surface area contributed by atoms with E-state index in [-0.39, 0.29) is 31.0 Å². The van der Waals surface area contributed by atoms with Gasteiger partial charge in [-0.3, -0.25) is 14.3 Å². The number of ether oxygens (including phenoxy) is 1. The Hall–Kier alpha value is -4.51. The zero-order chi connectivity index (χ0) is 25.7. The maximum Gasteiger partial charge on any atom is 0.335 e. The summed E-state index contributed by atoms with van der Waals surface area (Å²) >= 11 is 5.96. The Balaban J connectivity index is 1.73. The summed E-state index contributed by atoms with van der Waals surface area (Å²) in [6.45, 7) is -0.108. The molecule has 2 aromatic heterocycles. The highest BCUT2D eigenvalue weighted by atomic mass is 35.5. The lowest BCUT2D eigenvalue weighted by Gasteiger charge is -2.11. The number of nitrogens with zero attached hydrogens (tertiary/aromatic N) is 4. The molecule has 4 aromatic rings. The second kappa shape index (κ2) is 10.8. The SMILES string of the molecule is NC(=O)CCn1c(=O)[nH]/c(=N\c2ccc(Oc3ncccc3F)cc2)n(Cc2ccc(Cl)cc2)c1=O. The third kappa shape index (κ3) is 5.94. The van der Waals surface area contributed by atoms with Crippen molar-refractivity contribution < 1.29 is 13.9 Å². The minimum absolute atomic E-state index is 0.0142. The van der Waals surface area contributed by atoms with Crippen LogP contribution in [0, 0.1) is 5.82 Å². The Bertz CT molecular complexity index is 1580. The highest BCUT2D eigenvalue weighted by Gasteiger charge is 2.11. The van der Waals surface area contributed by atoms with Gasteiger partial charge in [0.1, 0.15) is 5.75 Å². The number of hydrogen-bond donors (Lipinski definition) is 2. The number of H-pyrrole nitrogens is 1. The van der Waals surface area contributed by atoms with Gasteiger partial charge in [-0.15, -0.1) is 0 Å². The molecule has 0 bridgehead atoms. The number of benzene rings is 2. The second-order valence-electron chi connectivity index (χ2n) is 7.62. The summed E-state index contributed by atoms with van der Waals surface area (Å²) in [6, 6.07) is 15.7. The normalized spacial score (nSPS) is 11.4. The molecule has 10 nitrogen and oxygen atoms in total. The van der Waals surface area contributed by atoms with Crippen molar-refractivity contribution >= 4 is 23.2 Å². The first-order valence-corrected chi connectivity index (χ1v) is 11.1. The van der Waals surface area contributed by atoms with Crippen LogP contribution in [0.4, 0.5) is 10.1 Å². The Morgan fingerprint density at radius 2 is 1.81 bits per heavy atom. The van der Waals surface area contributed by atoms with Gasteiger partial charge in [0.2, 0.25) is 11.5 Å². The number of nitrogens with one attached hydrogen (secondary N) is 1. The topological polar surface area (TPSA) is 137 Å². The molecule has 0 atom stereocenters. The molecule has 0 saturated carbocycles. The summed E-state index contributed by atoms with van der Waals surface area (Å²) in [6.07, 6.45) is 1.22. The Morgan fingerprint density at radius 3 is 2.47 bits per heavy atom. The van der Waals surface area contributed by atoms with Crippen molar-refractivity contribution in [1.29, 1.82) is 0 Å². The monoisotopic (exact) mass is 510 g/mol. The number of nitrogens with two attached hydrogens (primary N) is 1. The van der Waals surface area contributed by atoms with Crippen molar-refractivity contribution in [1.82, 2.24) is 19.1 Å². The maximum absolute atomic E-state index is 13.8. The number of pyridine rings is 1. The van der Waals surface area contributed by atoms with Gasteiger partial charge < -0.3 is 10.5 Å². The van der Waals surface area contributed by atoms with Crippen LogP contribution in [0.3, 0.4) is 0 Å². The molecule has 0 aliphatic carbocycles. The summed E-state index contributed by atoms with van der Waals surface area (Å²) in [7, 11) is 0. The fourth-order valence-corrected chi connectivity index (χ4v) is 3.37. The summed E-state index contributed by atoms with van der Waals surface area (Å²) in [5.74, 6) is -1.11. The highest BCUT2D eigenvalue weighted by molar-refractivity contribution is 6.30. The standard InChI is InChI=1S/C24H20ClFN6O4/c25-16-5-3-15(4-6-16)14-32-22(30-23(34)31(24(32)35)13-11-20(27)33)29-17-7-9-18(10-8-17)36-21-19(26)2-1-12-28-21/h1-10,12H,11,13-14H2,(H2,27,33)(H,29,30,34). The van der Waals surface area contributed by atoms with Crippen LogP contribution in [0.15, 0.2) is 81.4 Å². The fraction of sp³-hybridized carbons (Fsp3) is 0.125. The van der Waals surface area contributed by atoms with E-state index < -0.39 is 23.1 Å². The number of halogens is 2. The highest BCUT2D eigenvalue weighted by Crippen LogP contribution is 2.24. The van der Waals surface area contributed by atoms with E-state index in [4.69, 9.17) is 22.1 Å². The molecule has 0 aliphatic heterocycles. The predicted octanol–water partition coefficient (Wildman–Crippen LogP) is 2.47. The molecule has 2 aromatic carbocycles. The zero-order valence-corrected chi connectivity index (χ0v) is 19.5. The number of aromatic nitrogens is 4. The molecular weight excluding hydrogens is 491 g/mol. The van der Waals surface area contributed by atoms with E-state index >= 15 is 0 Å². The molecule has 0 aliphatic rings. The van der Waals surface area contributed by atoms with Gasteiger partial charge >= 0.3 is 11.4 Å². The van der Waals surface area contributed by atoms with E-state index in [2.05, 4.69) is 15.0 Å². The van der Waals surface area contributed by atoms with Crippen LogP contribution in [0.2, 0.25) is 5.02 Å². The molecule has 12 heteroatoms. The predicted molar refractivity (Wildman–Crippen MR) is 130 cm³/mol. The lowest BCUT2D eigenvalue weighted by Crippen LogP contribution is -2.50. The third-order valence-electron chi connectivity index (χ3n) is 5.03. The van der Waals surface area contributed by atoms with Crippen molar-refractivity contribution in [2.75, 3.05) is 0 Å². The van der Waals surface area contributed by atoms with Gasteiger partial charge in [0.15, 0.2) is 5.82 Å². The van der Waals surface area contributed by atoms with E-state index in [0.717, 1.165) is 10.1 Å². The third-order valence-corrected chi connectivity index (χ3v) is 5.28. The molecule has 0 unspecified atom stereocenters. The first kappa shape index (κ1) is 24.6. The quantitative estimate of drug-likeness (QED) is 0.375. The average Bonchev–Trinajstić information content (AvgIpc) is 2.85. The lowest BCUT2D eigenvalue weighted by atomic mass is 10.2. The molecule has 0 radical (unpaired) electrons. The number of aromatic amines is 1. The largest absolute Gasteiger partial charge is 0.436 e. The molecule has 36 heavy (non-hydrogen) atoms. The first-order valence-electron chi connectivity index (χ1n) is 10.7. The second-order valence-corrected chi connectivity index (χ2v) is 8.05. The summed E-state index contributed by atoms with van der Waals surface area (Å²) < 4.78 is 21.4. The van der Waals surface area contributed by atoms with Crippen LogP contribution >= 0.6 is 11.6 Å². The van der Waals surface area contributed by atoms with Crippen molar-refractivity contribution in [3.8, 4) is 11.6 Å². The molecule has 1 amide bonds. The lowest BCUT2D eigenvalue weighted by molar-refractivity contribution is -0.118. The van der Waals surface area contributed by atoms with E-state index in [1.165, 1.54) is 22.9 Å². The Labute approximate surface area is 208 Å². The summed E-state index contributed by atoms with van der Waals surface area (Å²) in [5.41, 5.74) is 4.88. The Kier molecular flexibility index (Phi) is 7.40. The van der Waals surface area contributed by atoms with E-state index in [1.807, 2.05) is 0 Å². The van der Waals surface area contributed by atoms with Gasteiger partial charge in [-0.05, 0) is 54.1 Å². The number of carbonyl (C=O) groups is 1. The molecule has 0 spiro atoms. The van der Waals surface area contributed by atoms with Crippen molar-refractivity contribution in [3.05, 3.63) is 110 Å². The summed E-state index contributed by atoms with van der Waals surface area (Å²) in [5, 5.41) is 0.530. The number of amides is 1. The number of hydrogen-bond acceptors (Lipinski definition) is 6. The van der Waals surface area contributed by atoms with Crippen LogP contribution in [-0.2, 0) is 17.9 Å². The van der Waals surface area contributed by atoms with Gasteiger partial charge in [-0.25, -0.2) is 28.5 Å². The van der Waals surface area contributed by atoms with Gasteiger partial charge in [0, 0.05) is 24.2 Å². The molecule has 3 N–H and O–H groups in total. The molecule has 184 valence electrons. The van der Waals surface area contributed by atoms with Crippen molar-refractivity contribution in [2.45, 2.75) is 19.5 Å². The zero-order valence-electron chi connectivity index (χ0n) is 18.7. The van der Waals surface area contributed by atoms with Crippen LogP contribution in [0.1, 0.15) is 12.0 Å². The minimum Gasteiger partial charge on any atom is -0.436 e. The van der Waals surface area contributed by atoms with E-state index in [1.54, 1.807) is 48.5 Å². The fourth-order valence-electron chi connectivity index (χ4n) is 3.25. The number of carbonyl (C=O) groups excluding carboxylic acids is 1. The molecular formula is C24H20ClFN6O4. The smallest absolute Gasteiger partial charge is 0.335 e. The van der Waals surface area contributed by atoms with E-state index in [9.17, 15) is 18.8 Å². The van der Waals surface area contributed by atoms with Crippen molar-refractivity contribution in [3.63, 3.8) is 0 Å². The molecule has 2 heterocycles. The van der Waals surface area contributed by atoms with Crippen LogP contribution in [0.5, 0.6) is 11.6 Å². The van der Waals surface area contributed by atoms with Gasteiger partial charge in [-0.2, -0.15) is 0 Å². The Morgan fingerprint density at radius 1 is 1.08 bits per heavy atom. The van der Waals surface area contributed by atoms with Crippen LogP contribution in [0.25, 0.3) is 0 Å². The first-order chi connectivity index (χ1) is 17.3. The molecule has 0 fully saturated rings. The molecule has 4 rings (SSSR count). The maximum atomic E-state index is 13.8. The number of primary amides is 1. The molecule has 0 saturated heterocycles. The van der Waals surface area contributed by atoms with Gasteiger partial charge in [0.25, 0.3) is 5.88 Å². The van der Waals surface area contributed by atoms with Crippen LogP contribution in [-0.4, -0.2) is 25.0 Å². The van der Waals surface area contributed by atoms with Crippen LogP contribution < -0.4 is 27.5 Å².